The fraction of sp³-hybridized carbons (Fsp3) is 0.130. The minimum absolute atomic E-state index is 0.120. The van der Waals surface area contributed by atoms with Crippen molar-refractivity contribution >= 4 is 41.6 Å². The minimum Gasteiger partial charge on any atom is -0.211 e. The molecule has 0 spiro atoms. The molecule has 2 N–H and O–H groups in total. The van der Waals surface area contributed by atoms with E-state index in [0.717, 1.165) is 21.5 Å². The van der Waals surface area contributed by atoms with Crippen molar-refractivity contribution in [2.45, 2.75) is 16.2 Å². The molecule has 4 aromatic rings. The minimum atomic E-state index is -3.67. The molecule has 0 aromatic heterocycles. The number of fused-ring (bicyclic) bond motifs is 2. The van der Waals surface area contributed by atoms with Gasteiger partial charge in [0.05, 0.1) is 9.79 Å². The van der Waals surface area contributed by atoms with Crippen LogP contribution >= 0.6 is 0 Å². The number of hydrogen-bond acceptors (Lipinski definition) is 4. The van der Waals surface area contributed by atoms with E-state index in [1.807, 2.05) is 48.5 Å². The summed E-state index contributed by atoms with van der Waals surface area (Å²) in [4.78, 5) is 0.367. The summed E-state index contributed by atoms with van der Waals surface area (Å²) in [5, 5.41) is 3.61. The van der Waals surface area contributed by atoms with Gasteiger partial charge in [-0.25, -0.2) is 26.3 Å². The second-order valence-electron chi connectivity index (χ2n) is 7.17. The van der Waals surface area contributed by atoms with Gasteiger partial charge in [-0.1, -0.05) is 60.7 Å². The molecule has 0 aliphatic rings. The molecule has 0 amide bonds. The van der Waals surface area contributed by atoms with Gasteiger partial charge in [0, 0.05) is 13.1 Å². The van der Waals surface area contributed by atoms with Gasteiger partial charge in [-0.15, -0.1) is 0 Å². The summed E-state index contributed by atoms with van der Waals surface area (Å²) in [6.45, 7) is 0.241. The highest BCUT2D eigenvalue weighted by Gasteiger charge is 2.16. The molecule has 8 heteroatoms. The molecule has 4 aromatic carbocycles. The van der Waals surface area contributed by atoms with Gasteiger partial charge in [0.1, 0.15) is 0 Å². The van der Waals surface area contributed by atoms with Crippen molar-refractivity contribution in [3.05, 3.63) is 84.9 Å². The van der Waals surface area contributed by atoms with Crippen molar-refractivity contribution in [2.75, 3.05) is 13.1 Å². The van der Waals surface area contributed by atoms with Crippen LogP contribution in [-0.2, 0) is 20.0 Å². The van der Waals surface area contributed by atoms with E-state index in [4.69, 9.17) is 0 Å². The van der Waals surface area contributed by atoms with Crippen LogP contribution in [0.15, 0.2) is 94.7 Å². The lowest BCUT2D eigenvalue weighted by atomic mass is 10.1. The monoisotopic (exact) mass is 454 g/mol. The van der Waals surface area contributed by atoms with Crippen molar-refractivity contribution in [3.8, 4) is 0 Å². The molecule has 0 unspecified atom stereocenters. The fourth-order valence-electron chi connectivity index (χ4n) is 3.34. The number of nitrogens with one attached hydrogen (secondary N) is 2. The average molecular weight is 455 g/mol. The van der Waals surface area contributed by atoms with E-state index in [1.54, 1.807) is 36.4 Å². The first-order valence-corrected chi connectivity index (χ1v) is 12.8. The van der Waals surface area contributed by atoms with Crippen LogP contribution in [0.25, 0.3) is 21.5 Å². The van der Waals surface area contributed by atoms with Gasteiger partial charge >= 0.3 is 0 Å². The Morgan fingerprint density at radius 1 is 0.516 bits per heavy atom. The lowest BCUT2D eigenvalue weighted by Gasteiger charge is -2.10. The van der Waals surface area contributed by atoms with Gasteiger partial charge in [0.15, 0.2) is 0 Å². The van der Waals surface area contributed by atoms with Crippen LogP contribution in [0.5, 0.6) is 0 Å². The molecule has 4 rings (SSSR count). The number of hydrogen-bond donors (Lipinski definition) is 2. The summed E-state index contributed by atoms with van der Waals surface area (Å²) >= 11 is 0. The molecule has 0 bridgehead atoms. The topological polar surface area (TPSA) is 92.3 Å². The van der Waals surface area contributed by atoms with E-state index in [2.05, 4.69) is 9.44 Å². The fourth-order valence-corrected chi connectivity index (χ4v) is 5.56. The van der Waals surface area contributed by atoms with Crippen LogP contribution in [0.2, 0.25) is 0 Å². The van der Waals surface area contributed by atoms with E-state index in [0.29, 0.717) is 6.42 Å². The van der Waals surface area contributed by atoms with Gasteiger partial charge < -0.3 is 0 Å². The summed E-state index contributed by atoms with van der Waals surface area (Å²) < 4.78 is 55.2. The molecule has 0 atom stereocenters. The predicted octanol–water partition coefficient (Wildman–Crippen LogP) is 3.64. The Kier molecular flexibility index (Phi) is 6.06. The SMILES string of the molecule is O=S(=O)(NCCCNS(=O)(=O)c1ccc2ccccc2c1)c1ccc2ccccc2c1. The first-order valence-electron chi connectivity index (χ1n) is 9.82. The van der Waals surface area contributed by atoms with Gasteiger partial charge in [-0.3, -0.25) is 0 Å². The Balaban J connectivity index is 1.34. The second-order valence-corrected chi connectivity index (χ2v) is 10.7. The first-order chi connectivity index (χ1) is 14.9. The van der Waals surface area contributed by atoms with Gasteiger partial charge in [0.25, 0.3) is 0 Å². The second kappa shape index (κ2) is 8.76. The maximum atomic E-state index is 12.5. The molecule has 0 saturated heterocycles. The summed E-state index contributed by atoms with van der Waals surface area (Å²) in [5.74, 6) is 0. The first kappa shape index (κ1) is 21.5. The van der Waals surface area contributed by atoms with E-state index in [1.165, 1.54) is 0 Å². The highest BCUT2D eigenvalue weighted by atomic mass is 32.2. The Morgan fingerprint density at radius 2 is 0.903 bits per heavy atom. The Hall–Kier alpha value is -2.78. The van der Waals surface area contributed by atoms with Crippen LogP contribution < -0.4 is 9.44 Å². The summed E-state index contributed by atoms with van der Waals surface area (Å²) in [7, 11) is -7.34. The van der Waals surface area contributed by atoms with Crippen molar-refractivity contribution in [3.63, 3.8) is 0 Å². The highest BCUT2D eigenvalue weighted by Crippen LogP contribution is 2.20. The number of sulfonamides is 2. The third-order valence-electron chi connectivity index (χ3n) is 5.00. The van der Waals surface area contributed by atoms with Gasteiger partial charge in [-0.05, 0) is 52.2 Å². The smallest absolute Gasteiger partial charge is 0.211 e. The predicted molar refractivity (Wildman–Crippen MR) is 123 cm³/mol. The molecular weight excluding hydrogens is 432 g/mol. The zero-order chi connectivity index (χ0) is 21.9. The van der Waals surface area contributed by atoms with E-state index < -0.39 is 20.0 Å². The number of benzene rings is 4. The molecule has 31 heavy (non-hydrogen) atoms. The summed E-state index contributed by atoms with van der Waals surface area (Å²) in [5.41, 5.74) is 0. The van der Waals surface area contributed by atoms with Crippen molar-refractivity contribution < 1.29 is 16.8 Å². The molecule has 0 saturated carbocycles. The molecule has 0 heterocycles. The van der Waals surface area contributed by atoms with Crippen molar-refractivity contribution in [2.24, 2.45) is 0 Å². The molecular formula is C23H22N2O4S2. The zero-order valence-electron chi connectivity index (χ0n) is 16.7. The lowest BCUT2D eigenvalue weighted by Crippen LogP contribution is -2.30. The highest BCUT2D eigenvalue weighted by molar-refractivity contribution is 7.89. The zero-order valence-corrected chi connectivity index (χ0v) is 18.3. The third-order valence-corrected chi connectivity index (χ3v) is 7.92. The molecule has 6 nitrogen and oxygen atoms in total. The Bertz CT molecular complexity index is 1340. The lowest BCUT2D eigenvalue weighted by molar-refractivity contribution is 0.572. The molecule has 0 aliphatic heterocycles. The molecule has 0 fully saturated rings. The van der Waals surface area contributed by atoms with Gasteiger partial charge in [0.2, 0.25) is 20.0 Å². The normalized spacial score (nSPS) is 12.4. The standard InChI is InChI=1S/C23H22N2O4S2/c26-30(27,22-12-10-18-6-1-3-8-20(18)16-22)24-14-5-15-25-31(28,29)23-13-11-19-7-2-4-9-21(19)17-23/h1-4,6-13,16-17,24-25H,5,14-15H2. The van der Waals surface area contributed by atoms with Crippen LogP contribution in [0.4, 0.5) is 0 Å². The van der Waals surface area contributed by atoms with E-state index >= 15 is 0 Å². The van der Waals surface area contributed by atoms with Crippen LogP contribution in [-0.4, -0.2) is 29.9 Å². The van der Waals surface area contributed by atoms with Crippen LogP contribution in [0.3, 0.4) is 0 Å². The maximum Gasteiger partial charge on any atom is 0.240 e. The van der Waals surface area contributed by atoms with E-state index in [-0.39, 0.29) is 22.9 Å². The third kappa shape index (κ3) is 4.94. The quantitative estimate of drug-likeness (QED) is 0.398. The Labute approximate surface area is 182 Å². The van der Waals surface area contributed by atoms with Crippen LogP contribution in [0.1, 0.15) is 6.42 Å². The molecule has 0 radical (unpaired) electrons. The summed E-state index contributed by atoms with van der Waals surface area (Å²) in [6, 6.07) is 25.0. The van der Waals surface area contributed by atoms with Gasteiger partial charge in [-0.2, -0.15) is 0 Å². The molecule has 160 valence electrons. The van der Waals surface area contributed by atoms with Crippen LogP contribution in [0, 0.1) is 0 Å². The van der Waals surface area contributed by atoms with E-state index in [9.17, 15) is 16.8 Å². The van der Waals surface area contributed by atoms with Crippen molar-refractivity contribution in [1.82, 2.24) is 9.44 Å². The summed E-state index contributed by atoms with van der Waals surface area (Å²) in [6.07, 6.45) is 0.319. The van der Waals surface area contributed by atoms with Crippen molar-refractivity contribution in [1.29, 1.82) is 0 Å². The Morgan fingerprint density at radius 3 is 1.32 bits per heavy atom. The number of rotatable bonds is 8. The largest absolute Gasteiger partial charge is 0.240 e. The maximum absolute atomic E-state index is 12.5. The molecule has 0 aliphatic carbocycles. The average Bonchev–Trinajstić information content (AvgIpc) is 2.78.